The van der Waals surface area contributed by atoms with E-state index in [-0.39, 0.29) is 0 Å². The summed E-state index contributed by atoms with van der Waals surface area (Å²) in [5, 5.41) is 6.54. The second-order valence-corrected chi connectivity index (χ2v) is 7.44. The summed E-state index contributed by atoms with van der Waals surface area (Å²) in [7, 11) is 0. The van der Waals surface area contributed by atoms with Gasteiger partial charge in [-0.25, -0.2) is 9.78 Å². The van der Waals surface area contributed by atoms with Gasteiger partial charge in [-0.1, -0.05) is 33.6 Å². The third kappa shape index (κ3) is 6.02. The number of hydrogen-bond acceptors (Lipinski definition) is 4. The van der Waals surface area contributed by atoms with Crippen LogP contribution in [0.4, 0.5) is 16.3 Å². The zero-order valence-corrected chi connectivity index (χ0v) is 16.0. The Balaban J connectivity index is 1.91. The molecule has 0 aliphatic heterocycles. The number of amides is 1. The average molecular weight is 413 g/mol. The summed E-state index contributed by atoms with van der Waals surface area (Å²) >= 11 is 9.41. The number of aromatic nitrogens is 1. The van der Waals surface area contributed by atoms with Gasteiger partial charge in [0.25, 0.3) is 0 Å². The van der Waals surface area contributed by atoms with Crippen molar-refractivity contribution >= 4 is 45.1 Å². The van der Waals surface area contributed by atoms with Gasteiger partial charge in [-0.15, -0.1) is 0 Å². The van der Waals surface area contributed by atoms with Crippen LogP contribution in [0.3, 0.4) is 0 Å². The number of nitrogens with zero attached hydrogens (tertiary/aromatic N) is 1. The molecular formula is C17H19BrClN3O2. The van der Waals surface area contributed by atoms with Crippen molar-refractivity contribution in [3.05, 3.63) is 51.6 Å². The Kier molecular flexibility index (Phi) is 6.07. The van der Waals surface area contributed by atoms with Crippen LogP contribution in [0.15, 0.2) is 41.0 Å². The van der Waals surface area contributed by atoms with E-state index in [9.17, 15) is 4.79 Å². The average Bonchev–Trinajstić information content (AvgIpc) is 2.46. The number of anilines is 2. The van der Waals surface area contributed by atoms with E-state index >= 15 is 0 Å². The van der Waals surface area contributed by atoms with Crippen molar-refractivity contribution < 1.29 is 9.53 Å². The lowest BCUT2D eigenvalue weighted by Gasteiger charge is -2.19. The highest BCUT2D eigenvalue weighted by Crippen LogP contribution is 2.22. The zero-order chi connectivity index (χ0) is 17.7. The first-order chi connectivity index (χ1) is 11.2. The lowest BCUT2D eigenvalue weighted by atomic mass is 10.2. The molecule has 24 heavy (non-hydrogen) atoms. The Morgan fingerprint density at radius 2 is 2.04 bits per heavy atom. The van der Waals surface area contributed by atoms with Crippen LogP contribution in [0, 0.1) is 0 Å². The number of pyridine rings is 1. The van der Waals surface area contributed by atoms with Gasteiger partial charge in [0.15, 0.2) is 0 Å². The molecule has 2 rings (SSSR count). The molecule has 0 radical (unpaired) electrons. The number of benzene rings is 1. The molecule has 0 unspecified atom stereocenters. The van der Waals surface area contributed by atoms with Crippen molar-refractivity contribution in [2.45, 2.75) is 32.9 Å². The molecule has 0 saturated carbocycles. The molecule has 2 N–H and O–H groups in total. The smallest absolute Gasteiger partial charge is 0.413 e. The Labute approximate surface area is 154 Å². The minimum absolute atomic E-state index is 0.433. The van der Waals surface area contributed by atoms with Crippen LogP contribution >= 0.6 is 27.5 Å². The van der Waals surface area contributed by atoms with Gasteiger partial charge >= 0.3 is 6.09 Å². The molecule has 1 aromatic heterocycles. The van der Waals surface area contributed by atoms with Gasteiger partial charge in [-0.05, 0) is 50.6 Å². The van der Waals surface area contributed by atoms with Gasteiger partial charge in [0, 0.05) is 16.0 Å². The maximum absolute atomic E-state index is 11.7. The third-order valence-electron chi connectivity index (χ3n) is 2.89. The summed E-state index contributed by atoms with van der Waals surface area (Å²) in [6.07, 6.45) is 1.12. The predicted molar refractivity (Wildman–Crippen MR) is 101 cm³/mol. The second kappa shape index (κ2) is 7.85. The highest BCUT2D eigenvalue weighted by atomic mass is 79.9. The van der Waals surface area contributed by atoms with Crippen molar-refractivity contribution in [2.24, 2.45) is 0 Å². The molecular weight excluding hydrogens is 394 g/mol. The van der Waals surface area contributed by atoms with Crippen LogP contribution in [-0.4, -0.2) is 16.7 Å². The molecule has 0 fully saturated rings. The quantitative estimate of drug-likeness (QED) is 0.700. The molecule has 0 saturated heterocycles. The molecule has 0 spiro atoms. The molecule has 0 aliphatic carbocycles. The Bertz CT molecular complexity index is 715. The van der Waals surface area contributed by atoms with Crippen LogP contribution in [-0.2, 0) is 11.3 Å². The van der Waals surface area contributed by atoms with Crippen molar-refractivity contribution in [3.8, 4) is 0 Å². The number of carbonyl (C=O) groups is 1. The van der Waals surface area contributed by atoms with Crippen molar-refractivity contribution in [1.82, 2.24) is 4.98 Å². The maximum Gasteiger partial charge on any atom is 0.413 e. The number of rotatable bonds is 4. The van der Waals surface area contributed by atoms with E-state index in [1.54, 1.807) is 12.3 Å². The number of carbonyl (C=O) groups excluding carboxylic acids is 1. The Morgan fingerprint density at radius 1 is 1.29 bits per heavy atom. The van der Waals surface area contributed by atoms with E-state index in [0.29, 0.717) is 17.4 Å². The molecule has 0 atom stereocenters. The minimum Gasteiger partial charge on any atom is -0.444 e. The summed E-state index contributed by atoms with van der Waals surface area (Å²) in [5.41, 5.74) is 1.37. The van der Waals surface area contributed by atoms with Gasteiger partial charge in [-0.3, -0.25) is 5.32 Å². The maximum atomic E-state index is 11.7. The summed E-state index contributed by atoms with van der Waals surface area (Å²) in [5.74, 6) is 0.433. The summed E-state index contributed by atoms with van der Waals surface area (Å²) < 4.78 is 6.12. The number of halogens is 2. The van der Waals surface area contributed by atoms with E-state index in [1.165, 1.54) is 0 Å². The molecule has 1 heterocycles. The number of hydrogen-bond donors (Lipinski definition) is 2. The third-order valence-corrected chi connectivity index (χ3v) is 3.86. The summed E-state index contributed by atoms with van der Waals surface area (Å²) in [4.78, 5) is 15.9. The molecule has 0 bridgehead atoms. The molecule has 7 heteroatoms. The fourth-order valence-electron chi connectivity index (χ4n) is 1.84. The lowest BCUT2D eigenvalue weighted by molar-refractivity contribution is 0.0635. The Morgan fingerprint density at radius 3 is 2.62 bits per heavy atom. The molecule has 0 aliphatic rings. The second-order valence-electron chi connectivity index (χ2n) is 6.15. The zero-order valence-electron chi connectivity index (χ0n) is 13.7. The summed E-state index contributed by atoms with van der Waals surface area (Å²) in [6, 6.07) is 9.19. The highest BCUT2D eigenvalue weighted by molar-refractivity contribution is 9.10. The van der Waals surface area contributed by atoms with E-state index in [1.807, 2.05) is 45.0 Å². The Hall–Kier alpha value is -1.79. The SMILES string of the molecule is CC(C)(C)OC(=O)Nc1ccc(NCc2ccc(Cl)cc2Br)cn1. The highest BCUT2D eigenvalue weighted by Gasteiger charge is 2.16. The van der Waals surface area contributed by atoms with E-state index in [2.05, 4.69) is 31.5 Å². The normalized spacial score (nSPS) is 11.0. The molecule has 1 amide bonds. The monoisotopic (exact) mass is 411 g/mol. The first-order valence-electron chi connectivity index (χ1n) is 7.37. The molecule has 2 aromatic rings. The summed E-state index contributed by atoms with van der Waals surface area (Å²) in [6.45, 7) is 6.05. The van der Waals surface area contributed by atoms with Gasteiger partial charge in [0.1, 0.15) is 11.4 Å². The molecule has 1 aromatic carbocycles. The lowest BCUT2D eigenvalue weighted by Crippen LogP contribution is -2.27. The van der Waals surface area contributed by atoms with Crippen LogP contribution in [0.1, 0.15) is 26.3 Å². The van der Waals surface area contributed by atoms with E-state index in [4.69, 9.17) is 16.3 Å². The molecule has 128 valence electrons. The van der Waals surface area contributed by atoms with Crippen LogP contribution in [0.5, 0.6) is 0 Å². The largest absolute Gasteiger partial charge is 0.444 e. The van der Waals surface area contributed by atoms with E-state index < -0.39 is 11.7 Å². The van der Waals surface area contributed by atoms with Gasteiger partial charge in [0.2, 0.25) is 0 Å². The van der Waals surface area contributed by atoms with E-state index in [0.717, 1.165) is 15.7 Å². The van der Waals surface area contributed by atoms with Crippen LogP contribution in [0.25, 0.3) is 0 Å². The van der Waals surface area contributed by atoms with Crippen molar-refractivity contribution in [3.63, 3.8) is 0 Å². The standard InChI is InChI=1S/C17H19BrClN3O2/c1-17(2,3)24-16(23)22-15-7-6-13(10-21-15)20-9-11-4-5-12(19)8-14(11)18/h4-8,10,20H,9H2,1-3H3,(H,21,22,23). The minimum atomic E-state index is -0.544. The van der Waals surface area contributed by atoms with Gasteiger partial charge < -0.3 is 10.1 Å². The first-order valence-corrected chi connectivity index (χ1v) is 8.54. The number of ether oxygens (including phenoxy) is 1. The van der Waals surface area contributed by atoms with Gasteiger partial charge in [-0.2, -0.15) is 0 Å². The topological polar surface area (TPSA) is 63.2 Å². The van der Waals surface area contributed by atoms with Gasteiger partial charge in [0.05, 0.1) is 11.9 Å². The molecule has 5 nitrogen and oxygen atoms in total. The first kappa shape index (κ1) is 18.5. The number of nitrogens with one attached hydrogen (secondary N) is 2. The van der Waals surface area contributed by atoms with Crippen LogP contribution in [0.2, 0.25) is 5.02 Å². The fraction of sp³-hybridized carbons (Fsp3) is 0.294. The van der Waals surface area contributed by atoms with Crippen LogP contribution < -0.4 is 10.6 Å². The van der Waals surface area contributed by atoms with Crippen molar-refractivity contribution in [1.29, 1.82) is 0 Å². The predicted octanol–water partition coefficient (Wildman–Crippen LogP) is 5.46. The van der Waals surface area contributed by atoms with Crippen molar-refractivity contribution in [2.75, 3.05) is 10.6 Å². The fourth-order valence-corrected chi connectivity index (χ4v) is 2.67.